The van der Waals surface area contributed by atoms with Crippen molar-refractivity contribution in [2.24, 2.45) is 12.8 Å². The largest absolute Gasteiger partial charge is 0.360 e. The summed E-state index contributed by atoms with van der Waals surface area (Å²) in [5, 5.41) is 4.09. The van der Waals surface area contributed by atoms with E-state index in [-0.39, 0.29) is 0 Å². The molecule has 1 rings (SSSR count). The first kappa shape index (κ1) is 9.06. The van der Waals surface area contributed by atoms with Crippen LogP contribution in [0.25, 0.3) is 0 Å². The SMILES string of the molecule is CN(CCCN)c1ccnn1C. The van der Waals surface area contributed by atoms with Crippen LogP contribution >= 0.6 is 0 Å². The van der Waals surface area contributed by atoms with Gasteiger partial charge in [0.05, 0.1) is 6.20 Å². The summed E-state index contributed by atoms with van der Waals surface area (Å²) < 4.78 is 1.86. The number of aromatic nitrogens is 2. The van der Waals surface area contributed by atoms with Gasteiger partial charge < -0.3 is 10.6 Å². The predicted molar refractivity (Wildman–Crippen MR) is 50.1 cm³/mol. The second-order valence-corrected chi connectivity index (χ2v) is 2.88. The molecule has 0 radical (unpaired) electrons. The van der Waals surface area contributed by atoms with Crippen LogP contribution in [0, 0.1) is 0 Å². The third-order valence-electron chi connectivity index (χ3n) is 1.88. The van der Waals surface area contributed by atoms with E-state index in [0.717, 1.165) is 25.3 Å². The van der Waals surface area contributed by atoms with Crippen LogP contribution in [-0.2, 0) is 7.05 Å². The van der Waals surface area contributed by atoms with Gasteiger partial charge in [-0.25, -0.2) is 0 Å². The molecule has 1 aromatic heterocycles. The topological polar surface area (TPSA) is 47.1 Å². The standard InChI is InChI=1S/C8H16N4/c1-11(7-3-5-9)8-4-6-10-12(8)2/h4,6H,3,5,7,9H2,1-2H3. The van der Waals surface area contributed by atoms with E-state index in [1.54, 1.807) is 6.20 Å². The Morgan fingerprint density at radius 2 is 2.42 bits per heavy atom. The van der Waals surface area contributed by atoms with Crippen molar-refractivity contribution >= 4 is 5.82 Å². The summed E-state index contributed by atoms with van der Waals surface area (Å²) in [6.45, 7) is 1.72. The van der Waals surface area contributed by atoms with Gasteiger partial charge in [-0.1, -0.05) is 0 Å². The molecule has 0 aliphatic carbocycles. The Labute approximate surface area is 73.0 Å². The second-order valence-electron chi connectivity index (χ2n) is 2.88. The van der Waals surface area contributed by atoms with Crippen molar-refractivity contribution in [3.8, 4) is 0 Å². The molecular weight excluding hydrogens is 152 g/mol. The highest BCUT2D eigenvalue weighted by atomic mass is 15.3. The van der Waals surface area contributed by atoms with E-state index in [2.05, 4.69) is 10.00 Å². The highest BCUT2D eigenvalue weighted by Gasteiger charge is 2.02. The quantitative estimate of drug-likeness (QED) is 0.699. The van der Waals surface area contributed by atoms with Crippen molar-refractivity contribution in [2.75, 3.05) is 25.0 Å². The molecule has 1 heterocycles. The molecule has 0 amide bonds. The van der Waals surface area contributed by atoms with Gasteiger partial charge in [0.15, 0.2) is 0 Å². The van der Waals surface area contributed by atoms with E-state index < -0.39 is 0 Å². The summed E-state index contributed by atoms with van der Waals surface area (Å²) >= 11 is 0. The van der Waals surface area contributed by atoms with Crippen LogP contribution < -0.4 is 10.6 Å². The average Bonchev–Trinajstić information content (AvgIpc) is 2.47. The van der Waals surface area contributed by atoms with E-state index in [0.29, 0.717) is 0 Å². The fourth-order valence-corrected chi connectivity index (χ4v) is 1.18. The zero-order valence-corrected chi connectivity index (χ0v) is 7.70. The number of rotatable bonds is 4. The molecule has 0 aliphatic rings. The zero-order chi connectivity index (χ0) is 8.97. The van der Waals surface area contributed by atoms with E-state index >= 15 is 0 Å². The number of anilines is 1. The normalized spacial score (nSPS) is 10.2. The van der Waals surface area contributed by atoms with Crippen LogP contribution in [0.3, 0.4) is 0 Å². The molecule has 0 aromatic carbocycles. The van der Waals surface area contributed by atoms with Gasteiger partial charge in [-0.3, -0.25) is 4.68 Å². The summed E-state index contributed by atoms with van der Waals surface area (Å²) in [7, 11) is 3.99. The van der Waals surface area contributed by atoms with E-state index in [1.807, 2.05) is 24.8 Å². The third kappa shape index (κ3) is 1.98. The summed E-state index contributed by atoms with van der Waals surface area (Å²) in [6, 6.07) is 2.00. The first-order valence-corrected chi connectivity index (χ1v) is 4.15. The molecule has 0 atom stereocenters. The Balaban J connectivity index is 2.52. The van der Waals surface area contributed by atoms with E-state index in [9.17, 15) is 0 Å². The van der Waals surface area contributed by atoms with Gasteiger partial charge in [-0.2, -0.15) is 5.10 Å². The van der Waals surface area contributed by atoms with E-state index in [1.165, 1.54) is 0 Å². The summed E-state index contributed by atoms with van der Waals surface area (Å²) in [4.78, 5) is 2.15. The average molecular weight is 168 g/mol. The maximum Gasteiger partial charge on any atom is 0.126 e. The van der Waals surface area contributed by atoms with Gasteiger partial charge >= 0.3 is 0 Å². The number of nitrogens with zero attached hydrogens (tertiary/aromatic N) is 3. The molecule has 0 aliphatic heterocycles. The van der Waals surface area contributed by atoms with Gasteiger partial charge in [0, 0.05) is 26.7 Å². The number of hydrogen-bond donors (Lipinski definition) is 1. The Bertz CT molecular complexity index is 231. The Morgan fingerprint density at radius 3 is 2.92 bits per heavy atom. The maximum atomic E-state index is 5.42. The third-order valence-corrected chi connectivity index (χ3v) is 1.88. The number of hydrogen-bond acceptors (Lipinski definition) is 3. The van der Waals surface area contributed by atoms with Crippen LogP contribution in [0.4, 0.5) is 5.82 Å². The monoisotopic (exact) mass is 168 g/mol. The molecule has 1 aromatic rings. The molecule has 12 heavy (non-hydrogen) atoms. The van der Waals surface area contributed by atoms with Gasteiger partial charge in [0.25, 0.3) is 0 Å². The van der Waals surface area contributed by atoms with Gasteiger partial charge in [0.1, 0.15) is 5.82 Å². The molecule has 4 heteroatoms. The first-order valence-electron chi connectivity index (χ1n) is 4.15. The van der Waals surface area contributed by atoms with Crippen LogP contribution in [-0.4, -0.2) is 29.9 Å². The molecule has 0 spiro atoms. The molecule has 2 N–H and O–H groups in total. The summed E-state index contributed by atoms with van der Waals surface area (Å²) in [5.74, 6) is 1.13. The van der Waals surface area contributed by atoms with Crippen molar-refractivity contribution in [3.63, 3.8) is 0 Å². The van der Waals surface area contributed by atoms with Crippen LogP contribution in [0.1, 0.15) is 6.42 Å². The summed E-state index contributed by atoms with van der Waals surface area (Å²) in [6.07, 6.45) is 2.82. The molecule has 0 saturated heterocycles. The first-order chi connectivity index (χ1) is 5.75. The fourth-order valence-electron chi connectivity index (χ4n) is 1.18. The minimum atomic E-state index is 0.738. The zero-order valence-electron chi connectivity index (χ0n) is 7.70. The summed E-state index contributed by atoms with van der Waals surface area (Å²) in [5.41, 5.74) is 5.42. The number of nitrogens with two attached hydrogens (primary N) is 1. The lowest BCUT2D eigenvalue weighted by atomic mass is 10.4. The van der Waals surface area contributed by atoms with Gasteiger partial charge in [-0.15, -0.1) is 0 Å². The molecule has 0 saturated carbocycles. The predicted octanol–water partition coefficient (Wildman–Crippen LogP) is 0.205. The van der Waals surface area contributed by atoms with Crippen molar-refractivity contribution in [1.29, 1.82) is 0 Å². The Kier molecular flexibility index (Phi) is 3.10. The van der Waals surface area contributed by atoms with Crippen LogP contribution in [0.2, 0.25) is 0 Å². The molecule has 0 fully saturated rings. The smallest absolute Gasteiger partial charge is 0.126 e. The van der Waals surface area contributed by atoms with Crippen molar-refractivity contribution in [3.05, 3.63) is 12.3 Å². The molecule has 0 bridgehead atoms. The molecule has 0 unspecified atom stereocenters. The van der Waals surface area contributed by atoms with Crippen molar-refractivity contribution in [1.82, 2.24) is 9.78 Å². The fraction of sp³-hybridized carbons (Fsp3) is 0.625. The molecular formula is C8H16N4. The lowest BCUT2D eigenvalue weighted by Crippen LogP contribution is -2.23. The Morgan fingerprint density at radius 1 is 1.67 bits per heavy atom. The highest BCUT2D eigenvalue weighted by molar-refractivity contribution is 5.36. The minimum Gasteiger partial charge on any atom is -0.360 e. The van der Waals surface area contributed by atoms with E-state index in [4.69, 9.17) is 5.73 Å². The Hall–Kier alpha value is -1.03. The van der Waals surface area contributed by atoms with Gasteiger partial charge in [-0.05, 0) is 13.0 Å². The van der Waals surface area contributed by atoms with Crippen LogP contribution in [0.15, 0.2) is 12.3 Å². The van der Waals surface area contributed by atoms with Gasteiger partial charge in [0.2, 0.25) is 0 Å². The van der Waals surface area contributed by atoms with Crippen LogP contribution in [0.5, 0.6) is 0 Å². The highest BCUT2D eigenvalue weighted by Crippen LogP contribution is 2.09. The lowest BCUT2D eigenvalue weighted by Gasteiger charge is -2.17. The number of aryl methyl sites for hydroxylation is 1. The minimum absolute atomic E-state index is 0.738. The molecule has 68 valence electrons. The lowest BCUT2D eigenvalue weighted by molar-refractivity contribution is 0.715. The maximum absolute atomic E-state index is 5.42. The second kappa shape index (κ2) is 4.11. The molecule has 4 nitrogen and oxygen atoms in total. The van der Waals surface area contributed by atoms with Crippen molar-refractivity contribution in [2.45, 2.75) is 6.42 Å². The van der Waals surface area contributed by atoms with Crippen molar-refractivity contribution < 1.29 is 0 Å².